The van der Waals surface area contributed by atoms with E-state index in [1.54, 1.807) is 7.11 Å². The number of fused-ring (bicyclic) bond motifs is 1. The topological polar surface area (TPSA) is 31.2 Å². The van der Waals surface area contributed by atoms with E-state index in [0.717, 1.165) is 35.2 Å². The molecule has 24 heavy (non-hydrogen) atoms. The van der Waals surface area contributed by atoms with Crippen molar-refractivity contribution in [3.05, 3.63) is 65.9 Å². The lowest BCUT2D eigenvalue weighted by Gasteiger charge is -2.03. The molecule has 0 amide bonds. The molecule has 0 aliphatic carbocycles. The van der Waals surface area contributed by atoms with Crippen molar-refractivity contribution in [3.63, 3.8) is 0 Å². The summed E-state index contributed by atoms with van der Waals surface area (Å²) in [6.07, 6.45) is 5.53. The van der Waals surface area contributed by atoms with Gasteiger partial charge in [-0.2, -0.15) is 0 Å². The number of carbonyl (C=O) groups excluding carboxylic acids is 1. The van der Waals surface area contributed by atoms with E-state index in [9.17, 15) is 4.79 Å². The number of ether oxygens (including phenoxy) is 1. The van der Waals surface area contributed by atoms with Crippen molar-refractivity contribution < 1.29 is 9.53 Å². The van der Waals surface area contributed by atoms with E-state index in [4.69, 9.17) is 4.74 Å². The van der Waals surface area contributed by atoms with Crippen molar-refractivity contribution in [1.29, 1.82) is 0 Å². The highest BCUT2D eigenvalue weighted by Crippen LogP contribution is 2.25. The molecule has 0 spiro atoms. The maximum absolute atomic E-state index is 12.9. The number of ketones is 1. The van der Waals surface area contributed by atoms with Crippen LogP contribution in [0.2, 0.25) is 0 Å². The van der Waals surface area contributed by atoms with Crippen molar-refractivity contribution in [2.24, 2.45) is 0 Å². The van der Waals surface area contributed by atoms with Crippen LogP contribution in [0.15, 0.2) is 54.7 Å². The van der Waals surface area contributed by atoms with Gasteiger partial charge in [0.15, 0.2) is 5.78 Å². The molecular weight excluding hydrogens is 298 g/mol. The first-order valence-corrected chi connectivity index (χ1v) is 8.51. The SMILES string of the molecule is CCCCCn1cc(C(=O)c2ccc(OC)cc2)c2ccccc21. The number of methoxy groups -OCH3 is 1. The summed E-state index contributed by atoms with van der Waals surface area (Å²) in [7, 11) is 1.63. The van der Waals surface area contributed by atoms with E-state index >= 15 is 0 Å². The molecule has 1 aromatic heterocycles. The molecule has 0 aliphatic heterocycles. The summed E-state index contributed by atoms with van der Waals surface area (Å²) in [6, 6.07) is 15.4. The van der Waals surface area contributed by atoms with Gasteiger partial charge >= 0.3 is 0 Å². The van der Waals surface area contributed by atoms with Crippen LogP contribution in [0.4, 0.5) is 0 Å². The van der Waals surface area contributed by atoms with Crippen molar-refractivity contribution >= 4 is 16.7 Å². The molecular formula is C21H23NO2. The third-order valence-electron chi connectivity index (χ3n) is 4.39. The summed E-state index contributed by atoms with van der Waals surface area (Å²) in [6.45, 7) is 3.15. The van der Waals surface area contributed by atoms with E-state index in [-0.39, 0.29) is 5.78 Å². The Labute approximate surface area is 142 Å². The highest BCUT2D eigenvalue weighted by atomic mass is 16.5. The first kappa shape index (κ1) is 16.3. The Morgan fingerprint density at radius 1 is 1.04 bits per heavy atom. The Morgan fingerprint density at radius 2 is 1.79 bits per heavy atom. The lowest BCUT2D eigenvalue weighted by molar-refractivity contribution is 0.104. The molecule has 3 aromatic rings. The fourth-order valence-corrected chi connectivity index (χ4v) is 3.04. The molecule has 0 fully saturated rings. The molecule has 0 bridgehead atoms. The third-order valence-corrected chi connectivity index (χ3v) is 4.39. The zero-order valence-electron chi connectivity index (χ0n) is 14.3. The Bertz CT molecular complexity index is 831. The minimum Gasteiger partial charge on any atom is -0.497 e. The lowest BCUT2D eigenvalue weighted by atomic mass is 10.0. The number of nitrogens with zero attached hydrogens (tertiary/aromatic N) is 1. The van der Waals surface area contributed by atoms with Gasteiger partial charge in [-0.05, 0) is 36.8 Å². The van der Waals surface area contributed by atoms with Gasteiger partial charge in [0, 0.05) is 34.8 Å². The van der Waals surface area contributed by atoms with Gasteiger partial charge in [-0.1, -0.05) is 38.0 Å². The van der Waals surface area contributed by atoms with Gasteiger partial charge in [0.2, 0.25) is 0 Å². The van der Waals surface area contributed by atoms with Gasteiger partial charge in [-0.15, -0.1) is 0 Å². The molecule has 3 rings (SSSR count). The summed E-state index contributed by atoms with van der Waals surface area (Å²) in [4.78, 5) is 12.9. The van der Waals surface area contributed by atoms with Crippen molar-refractivity contribution in [2.75, 3.05) is 7.11 Å². The van der Waals surface area contributed by atoms with Gasteiger partial charge in [-0.3, -0.25) is 4.79 Å². The lowest BCUT2D eigenvalue weighted by Crippen LogP contribution is -2.01. The van der Waals surface area contributed by atoms with Crippen LogP contribution >= 0.6 is 0 Å². The van der Waals surface area contributed by atoms with E-state index in [2.05, 4.69) is 17.6 Å². The normalized spacial score (nSPS) is 10.9. The third kappa shape index (κ3) is 3.21. The van der Waals surface area contributed by atoms with Gasteiger partial charge in [0.1, 0.15) is 5.75 Å². The van der Waals surface area contributed by atoms with Crippen LogP contribution in [-0.4, -0.2) is 17.5 Å². The number of para-hydroxylation sites is 1. The average molecular weight is 321 g/mol. The molecule has 0 N–H and O–H groups in total. The first-order valence-electron chi connectivity index (χ1n) is 8.51. The number of unbranched alkanes of at least 4 members (excludes halogenated alkanes) is 2. The van der Waals surface area contributed by atoms with Crippen LogP contribution in [-0.2, 0) is 6.54 Å². The van der Waals surface area contributed by atoms with Crippen molar-refractivity contribution in [2.45, 2.75) is 32.7 Å². The Balaban J connectivity index is 1.97. The maximum Gasteiger partial charge on any atom is 0.195 e. The van der Waals surface area contributed by atoms with Crippen LogP contribution in [0.5, 0.6) is 5.75 Å². The quantitative estimate of drug-likeness (QED) is 0.449. The van der Waals surface area contributed by atoms with Crippen molar-refractivity contribution in [3.8, 4) is 5.75 Å². The van der Waals surface area contributed by atoms with E-state index in [0.29, 0.717) is 5.56 Å². The Morgan fingerprint density at radius 3 is 2.50 bits per heavy atom. The Kier molecular flexibility index (Phi) is 4.99. The molecule has 0 unspecified atom stereocenters. The summed E-state index contributed by atoms with van der Waals surface area (Å²) in [5, 5.41) is 1.02. The fraction of sp³-hybridized carbons (Fsp3) is 0.286. The summed E-state index contributed by atoms with van der Waals surface area (Å²) < 4.78 is 7.38. The number of benzene rings is 2. The predicted molar refractivity (Wildman–Crippen MR) is 97.9 cm³/mol. The zero-order valence-corrected chi connectivity index (χ0v) is 14.3. The van der Waals surface area contributed by atoms with Crippen LogP contribution < -0.4 is 4.74 Å². The van der Waals surface area contributed by atoms with Crippen LogP contribution in [0.25, 0.3) is 10.9 Å². The summed E-state index contributed by atoms with van der Waals surface area (Å²) >= 11 is 0. The fourth-order valence-electron chi connectivity index (χ4n) is 3.04. The second kappa shape index (κ2) is 7.35. The number of carbonyl (C=O) groups is 1. The summed E-state index contributed by atoms with van der Waals surface area (Å²) in [5.41, 5.74) is 2.59. The highest BCUT2D eigenvalue weighted by molar-refractivity contribution is 6.16. The number of aromatic nitrogens is 1. The molecule has 3 heteroatoms. The minimum atomic E-state index is 0.0584. The number of hydrogen-bond acceptors (Lipinski definition) is 2. The van der Waals surface area contributed by atoms with Crippen molar-refractivity contribution in [1.82, 2.24) is 4.57 Å². The predicted octanol–water partition coefficient (Wildman–Crippen LogP) is 5.07. The molecule has 1 heterocycles. The smallest absolute Gasteiger partial charge is 0.195 e. The van der Waals surface area contributed by atoms with Gasteiger partial charge in [-0.25, -0.2) is 0 Å². The standard InChI is InChI=1S/C21H23NO2/c1-3-4-7-14-22-15-19(18-8-5-6-9-20(18)22)21(23)16-10-12-17(24-2)13-11-16/h5-6,8-13,15H,3-4,7,14H2,1-2H3. The average Bonchev–Trinajstić information content (AvgIpc) is 3.00. The van der Waals surface area contributed by atoms with E-state index < -0.39 is 0 Å². The molecule has 2 aromatic carbocycles. The van der Waals surface area contributed by atoms with E-state index in [1.807, 2.05) is 48.7 Å². The second-order valence-electron chi connectivity index (χ2n) is 6.02. The molecule has 0 aliphatic rings. The Hall–Kier alpha value is -2.55. The molecule has 0 radical (unpaired) electrons. The highest BCUT2D eigenvalue weighted by Gasteiger charge is 2.16. The molecule has 0 saturated heterocycles. The first-order chi connectivity index (χ1) is 11.7. The van der Waals surface area contributed by atoms with Gasteiger partial charge < -0.3 is 9.30 Å². The van der Waals surface area contributed by atoms with Crippen LogP contribution in [0.3, 0.4) is 0 Å². The monoisotopic (exact) mass is 321 g/mol. The van der Waals surface area contributed by atoms with Gasteiger partial charge in [0.05, 0.1) is 7.11 Å². The molecule has 0 saturated carbocycles. The maximum atomic E-state index is 12.9. The molecule has 0 atom stereocenters. The molecule has 124 valence electrons. The van der Waals surface area contributed by atoms with Gasteiger partial charge in [0.25, 0.3) is 0 Å². The minimum absolute atomic E-state index is 0.0584. The van der Waals surface area contributed by atoms with Crippen LogP contribution in [0.1, 0.15) is 42.1 Å². The number of rotatable bonds is 7. The van der Waals surface area contributed by atoms with Crippen LogP contribution in [0, 0.1) is 0 Å². The van der Waals surface area contributed by atoms with E-state index in [1.165, 1.54) is 12.8 Å². The number of hydrogen-bond donors (Lipinski definition) is 0. The zero-order chi connectivity index (χ0) is 16.9. The largest absolute Gasteiger partial charge is 0.497 e. The summed E-state index contributed by atoms with van der Waals surface area (Å²) in [5.74, 6) is 0.816. The second-order valence-corrected chi connectivity index (χ2v) is 6.02. The number of aryl methyl sites for hydroxylation is 1. The molecule has 3 nitrogen and oxygen atoms in total.